The SMILES string of the molecule is Cc1cc(NC(=O)Nc2ccc(Cl)cc2Cl)c2ccccc2n1. The first-order valence-corrected chi connectivity index (χ1v) is 7.68. The molecule has 3 rings (SSSR count). The number of amides is 2. The fourth-order valence-corrected chi connectivity index (χ4v) is 2.73. The number of nitrogens with zero attached hydrogens (tertiary/aromatic N) is 1. The van der Waals surface area contributed by atoms with E-state index >= 15 is 0 Å². The Hall–Kier alpha value is -2.30. The maximum Gasteiger partial charge on any atom is 0.323 e. The van der Waals surface area contributed by atoms with E-state index in [2.05, 4.69) is 15.6 Å². The van der Waals surface area contributed by atoms with Crippen LogP contribution < -0.4 is 10.6 Å². The van der Waals surface area contributed by atoms with Gasteiger partial charge in [-0.3, -0.25) is 4.98 Å². The quantitative estimate of drug-likeness (QED) is 0.644. The van der Waals surface area contributed by atoms with Crippen LogP contribution in [0.4, 0.5) is 16.2 Å². The Morgan fingerprint density at radius 2 is 1.74 bits per heavy atom. The summed E-state index contributed by atoms with van der Waals surface area (Å²) in [5, 5.41) is 7.30. The molecule has 2 amide bonds. The standard InChI is InChI=1S/C17H13Cl2N3O/c1-10-8-16(12-4-2-3-5-14(12)20-10)22-17(23)21-15-7-6-11(18)9-13(15)19/h2-9H,1H3,(H2,20,21,22,23). The Morgan fingerprint density at radius 1 is 1.00 bits per heavy atom. The predicted octanol–water partition coefficient (Wildman–Crippen LogP) is 5.49. The van der Waals surface area contributed by atoms with Crippen LogP contribution in [0, 0.1) is 6.92 Å². The van der Waals surface area contributed by atoms with Gasteiger partial charge in [0.1, 0.15) is 0 Å². The molecule has 0 atom stereocenters. The fraction of sp³-hybridized carbons (Fsp3) is 0.0588. The van der Waals surface area contributed by atoms with Gasteiger partial charge in [-0.1, -0.05) is 41.4 Å². The third kappa shape index (κ3) is 3.55. The van der Waals surface area contributed by atoms with Gasteiger partial charge >= 0.3 is 6.03 Å². The Morgan fingerprint density at radius 3 is 2.52 bits per heavy atom. The lowest BCUT2D eigenvalue weighted by Crippen LogP contribution is -2.20. The maximum absolute atomic E-state index is 12.2. The van der Waals surface area contributed by atoms with Crippen molar-refractivity contribution >= 4 is 51.5 Å². The van der Waals surface area contributed by atoms with E-state index in [1.54, 1.807) is 18.2 Å². The Balaban J connectivity index is 1.85. The summed E-state index contributed by atoms with van der Waals surface area (Å²) in [5.74, 6) is 0. The predicted molar refractivity (Wildman–Crippen MR) is 95.6 cm³/mol. The van der Waals surface area contributed by atoms with Crippen LogP contribution in [0.3, 0.4) is 0 Å². The summed E-state index contributed by atoms with van der Waals surface area (Å²) in [5.41, 5.74) is 2.83. The maximum atomic E-state index is 12.2. The zero-order chi connectivity index (χ0) is 16.4. The number of aromatic nitrogens is 1. The second-order valence-electron chi connectivity index (χ2n) is 5.03. The molecule has 0 saturated heterocycles. The van der Waals surface area contributed by atoms with Crippen molar-refractivity contribution in [2.75, 3.05) is 10.6 Å². The summed E-state index contributed by atoms with van der Waals surface area (Å²) in [6.45, 7) is 1.88. The third-order valence-electron chi connectivity index (χ3n) is 3.27. The highest BCUT2D eigenvalue weighted by Crippen LogP contribution is 2.26. The number of halogens is 2. The first-order valence-electron chi connectivity index (χ1n) is 6.92. The van der Waals surface area contributed by atoms with E-state index in [-0.39, 0.29) is 6.03 Å². The smallest absolute Gasteiger partial charge is 0.307 e. The van der Waals surface area contributed by atoms with Crippen molar-refractivity contribution in [1.82, 2.24) is 4.98 Å². The minimum absolute atomic E-state index is 0.378. The minimum Gasteiger partial charge on any atom is -0.307 e. The first kappa shape index (κ1) is 15.6. The van der Waals surface area contributed by atoms with Crippen LogP contribution in [0.15, 0.2) is 48.5 Å². The molecule has 1 heterocycles. The normalized spacial score (nSPS) is 10.6. The van der Waals surface area contributed by atoms with Crippen LogP contribution in [0.25, 0.3) is 10.9 Å². The second-order valence-corrected chi connectivity index (χ2v) is 5.88. The van der Waals surface area contributed by atoms with Crippen molar-refractivity contribution in [3.8, 4) is 0 Å². The van der Waals surface area contributed by atoms with Gasteiger partial charge in [0.05, 0.1) is 21.9 Å². The van der Waals surface area contributed by atoms with E-state index < -0.39 is 0 Å². The molecule has 2 aromatic carbocycles. The number of nitrogens with one attached hydrogen (secondary N) is 2. The first-order chi connectivity index (χ1) is 11.0. The largest absolute Gasteiger partial charge is 0.323 e. The van der Waals surface area contributed by atoms with Crippen molar-refractivity contribution in [2.45, 2.75) is 6.92 Å². The summed E-state index contributed by atoms with van der Waals surface area (Å²) in [4.78, 5) is 16.7. The lowest BCUT2D eigenvalue weighted by Gasteiger charge is -2.12. The number of anilines is 2. The van der Waals surface area contributed by atoms with E-state index in [9.17, 15) is 4.79 Å². The second kappa shape index (κ2) is 6.44. The molecule has 0 saturated carbocycles. The van der Waals surface area contributed by atoms with E-state index in [1.807, 2.05) is 37.3 Å². The number of fused-ring (bicyclic) bond motifs is 1. The molecule has 1 aromatic heterocycles. The number of urea groups is 1. The van der Waals surface area contributed by atoms with Gasteiger partial charge in [0, 0.05) is 16.1 Å². The lowest BCUT2D eigenvalue weighted by molar-refractivity contribution is 0.262. The molecule has 0 fully saturated rings. The number of carbonyl (C=O) groups is 1. The summed E-state index contributed by atoms with van der Waals surface area (Å²) >= 11 is 11.9. The topological polar surface area (TPSA) is 54.0 Å². The van der Waals surface area contributed by atoms with E-state index in [4.69, 9.17) is 23.2 Å². The zero-order valence-corrected chi connectivity index (χ0v) is 13.7. The average Bonchev–Trinajstić information content (AvgIpc) is 2.50. The Labute approximate surface area is 143 Å². The third-order valence-corrected chi connectivity index (χ3v) is 3.82. The van der Waals surface area contributed by atoms with Crippen molar-refractivity contribution in [3.63, 3.8) is 0 Å². The molecule has 23 heavy (non-hydrogen) atoms. The molecule has 0 bridgehead atoms. The molecule has 0 spiro atoms. The molecule has 2 N–H and O–H groups in total. The van der Waals surface area contributed by atoms with Crippen LogP contribution >= 0.6 is 23.2 Å². The van der Waals surface area contributed by atoms with Crippen LogP contribution in [-0.4, -0.2) is 11.0 Å². The number of hydrogen-bond donors (Lipinski definition) is 2. The van der Waals surface area contributed by atoms with Crippen molar-refractivity contribution in [3.05, 3.63) is 64.3 Å². The summed E-state index contributed by atoms with van der Waals surface area (Å²) in [7, 11) is 0. The van der Waals surface area contributed by atoms with E-state index in [1.165, 1.54) is 0 Å². The molecule has 4 nitrogen and oxygen atoms in total. The molecule has 0 radical (unpaired) electrons. The molecule has 116 valence electrons. The lowest BCUT2D eigenvalue weighted by atomic mass is 10.1. The van der Waals surface area contributed by atoms with Crippen LogP contribution in [0.2, 0.25) is 10.0 Å². The molecule has 3 aromatic rings. The molecule has 6 heteroatoms. The highest BCUT2D eigenvalue weighted by molar-refractivity contribution is 6.36. The fourth-order valence-electron chi connectivity index (χ4n) is 2.28. The summed E-state index contributed by atoms with van der Waals surface area (Å²) in [6, 6.07) is 14.0. The number of carbonyl (C=O) groups excluding carboxylic acids is 1. The molecular formula is C17H13Cl2N3O. The molecule has 0 aliphatic heterocycles. The number of pyridine rings is 1. The number of aryl methyl sites for hydroxylation is 1. The molecule has 0 aliphatic carbocycles. The van der Waals surface area contributed by atoms with Gasteiger partial charge < -0.3 is 10.6 Å². The molecule has 0 unspecified atom stereocenters. The van der Waals surface area contributed by atoms with Crippen molar-refractivity contribution < 1.29 is 4.79 Å². The minimum atomic E-state index is -0.384. The van der Waals surface area contributed by atoms with Crippen LogP contribution in [0.1, 0.15) is 5.69 Å². The van der Waals surface area contributed by atoms with Crippen molar-refractivity contribution in [2.24, 2.45) is 0 Å². The highest BCUT2D eigenvalue weighted by atomic mass is 35.5. The van der Waals surface area contributed by atoms with Crippen molar-refractivity contribution in [1.29, 1.82) is 0 Å². The summed E-state index contributed by atoms with van der Waals surface area (Å²) in [6.07, 6.45) is 0. The summed E-state index contributed by atoms with van der Waals surface area (Å²) < 4.78 is 0. The Bertz CT molecular complexity index is 896. The van der Waals surface area contributed by atoms with Gasteiger partial charge in [0.15, 0.2) is 0 Å². The van der Waals surface area contributed by atoms with Gasteiger partial charge in [0.25, 0.3) is 0 Å². The van der Waals surface area contributed by atoms with Gasteiger partial charge in [-0.15, -0.1) is 0 Å². The van der Waals surface area contributed by atoms with Crippen LogP contribution in [-0.2, 0) is 0 Å². The van der Waals surface area contributed by atoms with Gasteiger partial charge in [-0.25, -0.2) is 4.79 Å². The molecule has 0 aliphatic rings. The Kier molecular flexibility index (Phi) is 4.37. The molecular weight excluding hydrogens is 333 g/mol. The van der Waals surface area contributed by atoms with E-state index in [0.717, 1.165) is 16.6 Å². The number of para-hydroxylation sites is 1. The van der Waals surface area contributed by atoms with Gasteiger partial charge in [0.2, 0.25) is 0 Å². The zero-order valence-electron chi connectivity index (χ0n) is 12.2. The average molecular weight is 346 g/mol. The van der Waals surface area contributed by atoms with E-state index in [0.29, 0.717) is 21.4 Å². The monoisotopic (exact) mass is 345 g/mol. The van der Waals surface area contributed by atoms with Gasteiger partial charge in [-0.05, 0) is 37.3 Å². The highest BCUT2D eigenvalue weighted by Gasteiger charge is 2.09. The van der Waals surface area contributed by atoms with Gasteiger partial charge in [-0.2, -0.15) is 0 Å². The number of rotatable bonds is 2. The van der Waals surface area contributed by atoms with Crippen LogP contribution in [0.5, 0.6) is 0 Å². The number of benzene rings is 2. The number of hydrogen-bond acceptors (Lipinski definition) is 2.